The van der Waals surface area contributed by atoms with Crippen LogP contribution in [0.25, 0.3) is 0 Å². The summed E-state index contributed by atoms with van der Waals surface area (Å²) in [6.45, 7) is 4.42. The third-order valence-corrected chi connectivity index (χ3v) is 6.11. The Morgan fingerprint density at radius 3 is 2.59 bits per heavy atom. The van der Waals surface area contributed by atoms with E-state index in [1.807, 2.05) is 34.9 Å². The molecule has 3 aromatic rings. The zero-order valence-corrected chi connectivity index (χ0v) is 16.5. The van der Waals surface area contributed by atoms with Gasteiger partial charge in [-0.05, 0) is 41.7 Å². The van der Waals surface area contributed by atoms with Gasteiger partial charge in [0.25, 0.3) is 5.56 Å². The molecule has 1 fully saturated rings. The van der Waals surface area contributed by atoms with Crippen molar-refractivity contribution in [2.24, 2.45) is 5.92 Å². The minimum atomic E-state index is 0.147. The number of aromatic nitrogens is 1. The summed E-state index contributed by atoms with van der Waals surface area (Å²) in [5.41, 5.74) is 3.81. The number of likely N-dealkylation sites (tertiary alicyclic amines) is 1. The van der Waals surface area contributed by atoms with E-state index in [1.165, 1.54) is 23.2 Å². The zero-order valence-electron chi connectivity index (χ0n) is 16.5. The number of ether oxygens (including phenoxy) is 1. The minimum Gasteiger partial charge on any atom is -0.489 e. The highest BCUT2D eigenvalue weighted by molar-refractivity contribution is 5.29. The Bertz CT molecular complexity index is 1040. The molecule has 5 rings (SSSR count). The first-order valence-electron chi connectivity index (χ1n) is 10.4. The van der Waals surface area contributed by atoms with Crippen molar-refractivity contribution in [1.29, 1.82) is 0 Å². The molecule has 4 heteroatoms. The lowest BCUT2D eigenvalue weighted by molar-refractivity contribution is 0.114. The molecular formula is C25H26N2O2. The van der Waals surface area contributed by atoms with Gasteiger partial charge in [-0.15, -0.1) is 0 Å². The van der Waals surface area contributed by atoms with E-state index in [2.05, 4.69) is 41.3 Å². The third kappa shape index (κ3) is 3.99. The molecule has 4 nitrogen and oxygen atoms in total. The van der Waals surface area contributed by atoms with E-state index < -0.39 is 0 Å². The van der Waals surface area contributed by atoms with Gasteiger partial charge in [-0.3, -0.25) is 9.69 Å². The summed E-state index contributed by atoms with van der Waals surface area (Å²) in [6.07, 6.45) is 1.19. The predicted octanol–water partition coefficient (Wildman–Crippen LogP) is 4.05. The van der Waals surface area contributed by atoms with Gasteiger partial charge in [-0.1, -0.05) is 48.5 Å². The highest BCUT2D eigenvalue weighted by atomic mass is 16.5. The number of hydrogen-bond acceptors (Lipinski definition) is 3. The van der Waals surface area contributed by atoms with Gasteiger partial charge >= 0.3 is 0 Å². The van der Waals surface area contributed by atoms with Gasteiger partial charge in [0.15, 0.2) is 0 Å². The molecule has 0 unspecified atom stereocenters. The van der Waals surface area contributed by atoms with E-state index in [9.17, 15) is 4.79 Å². The van der Waals surface area contributed by atoms with Crippen molar-refractivity contribution < 1.29 is 4.74 Å². The van der Waals surface area contributed by atoms with E-state index in [0.29, 0.717) is 18.4 Å². The van der Waals surface area contributed by atoms with Crippen LogP contribution in [-0.2, 0) is 19.7 Å². The standard InChI is InChI=1S/C25H26N2O2/c28-25-11-5-10-24-22-12-21(16-27(24)25)15-26(17-22)14-20-8-4-9-23(13-20)29-18-19-6-2-1-3-7-19/h1-11,13,21-22H,12,14-18H2/t21-,22-/m0/s1. The number of benzene rings is 2. The summed E-state index contributed by atoms with van der Waals surface area (Å²) in [5.74, 6) is 1.92. The average Bonchev–Trinajstić information content (AvgIpc) is 2.74. The minimum absolute atomic E-state index is 0.147. The maximum atomic E-state index is 12.2. The third-order valence-electron chi connectivity index (χ3n) is 6.11. The Labute approximate surface area is 171 Å². The molecule has 2 aromatic carbocycles. The lowest BCUT2D eigenvalue weighted by Crippen LogP contribution is -2.46. The van der Waals surface area contributed by atoms with E-state index in [-0.39, 0.29) is 5.56 Å². The van der Waals surface area contributed by atoms with Crippen molar-refractivity contribution in [2.45, 2.75) is 32.0 Å². The SMILES string of the molecule is O=c1cccc2n1C[C@H]1C[C@H]2CN(Cc2cccc(OCc3ccccc3)c2)C1. The quantitative estimate of drug-likeness (QED) is 0.664. The Morgan fingerprint density at radius 1 is 0.862 bits per heavy atom. The Kier molecular flexibility index (Phi) is 4.94. The van der Waals surface area contributed by atoms with E-state index in [0.717, 1.165) is 31.9 Å². The number of nitrogens with zero attached hydrogens (tertiary/aromatic N) is 2. The van der Waals surface area contributed by atoms with Gasteiger partial charge in [0.05, 0.1) is 0 Å². The summed E-state index contributed by atoms with van der Waals surface area (Å²) in [5, 5.41) is 0. The van der Waals surface area contributed by atoms with Crippen LogP contribution in [-0.4, -0.2) is 22.6 Å². The van der Waals surface area contributed by atoms with Gasteiger partial charge in [0.1, 0.15) is 12.4 Å². The fraction of sp³-hybridized carbons (Fsp3) is 0.320. The van der Waals surface area contributed by atoms with Gasteiger partial charge < -0.3 is 9.30 Å². The summed E-state index contributed by atoms with van der Waals surface area (Å²) in [7, 11) is 0. The molecule has 2 bridgehead atoms. The second-order valence-corrected chi connectivity index (χ2v) is 8.31. The van der Waals surface area contributed by atoms with Crippen LogP contribution in [0.5, 0.6) is 5.75 Å². The van der Waals surface area contributed by atoms with Crippen molar-refractivity contribution in [3.8, 4) is 5.75 Å². The van der Waals surface area contributed by atoms with Gasteiger partial charge in [0.2, 0.25) is 0 Å². The molecule has 0 spiro atoms. The molecule has 0 amide bonds. The molecule has 3 heterocycles. The Morgan fingerprint density at radius 2 is 1.69 bits per heavy atom. The van der Waals surface area contributed by atoms with Crippen LogP contribution in [0.3, 0.4) is 0 Å². The first-order valence-corrected chi connectivity index (χ1v) is 10.4. The second kappa shape index (κ2) is 7.88. The van der Waals surface area contributed by atoms with E-state index in [4.69, 9.17) is 4.74 Å². The molecule has 0 radical (unpaired) electrons. The smallest absolute Gasteiger partial charge is 0.250 e. The molecule has 148 valence electrons. The van der Waals surface area contributed by atoms with Crippen LogP contribution >= 0.6 is 0 Å². The van der Waals surface area contributed by atoms with Gasteiger partial charge in [0, 0.05) is 43.9 Å². The molecule has 1 saturated heterocycles. The zero-order chi connectivity index (χ0) is 19.6. The molecule has 0 saturated carbocycles. The summed E-state index contributed by atoms with van der Waals surface area (Å²) < 4.78 is 7.99. The van der Waals surface area contributed by atoms with Crippen molar-refractivity contribution in [2.75, 3.05) is 13.1 Å². The predicted molar refractivity (Wildman–Crippen MR) is 114 cm³/mol. The Hall–Kier alpha value is -2.85. The highest BCUT2D eigenvalue weighted by Gasteiger charge is 2.34. The number of pyridine rings is 1. The fourth-order valence-electron chi connectivity index (χ4n) is 4.86. The average molecular weight is 386 g/mol. The molecule has 2 aliphatic rings. The van der Waals surface area contributed by atoms with E-state index >= 15 is 0 Å². The number of piperidine rings is 1. The first-order chi connectivity index (χ1) is 14.2. The maximum Gasteiger partial charge on any atom is 0.250 e. The molecule has 29 heavy (non-hydrogen) atoms. The number of rotatable bonds is 5. The largest absolute Gasteiger partial charge is 0.489 e. The summed E-state index contributed by atoms with van der Waals surface area (Å²) in [6, 6.07) is 24.4. The van der Waals surface area contributed by atoms with Crippen molar-refractivity contribution in [1.82, 2.24) is 9.47 Å². The van der Waals surface area contributed by atoms with Crippen LogP contribution in [0.1, 0.15) is 29.2 Å². The molecule has 0 N–H and O–H groups in total. The molecule has 0 aliphatic carbocycles. The lowest BCUT2D eigenvalue weighted by atomic mass is 9.83. The van der Waals surface area contributed by atoms with E-state index in [1.54, 1.807) is 6.07 Å². The van der Waals surface area contributed by atoms with Crippen LogP contribution in [0.15, 0.2) is 77.6 Å². The first kappa shape index (κ1) is 18.2. The highest BCUT2D eigenvalue weighted by Crippen LogP contribution is 2.35. The topological polar surface area (TPSA) is 34.5 Å². The van der Waals surface area contributed by atoms with Crippen molar-refractivity contribution in [3.05, 3.63) is 100.0 Å². The van der Waals surface area contributed by atoms with Gasteiger partial charge in [-0.25, -0.2) is 0 Å². The van der Waals surface area contributed by atoms with Crippen LogP contribution in [0.2, 0.25) is 0 Å². The van der Waals surface area contributed by atoms with Crippen LogP contribution in [0.4, 0.5) is 0 Å². The van der Waals surface area contributed by atoms with Crippen molar-refractivity contribution in [3.63, 3.8) is 0 Å². The maximum absolute atomic E-state index is 12.2. The second-order valence-electron chi connectivity index (χ2n) is 8.31. The van der Waals surface area contributed by atoms with Gasteiger partial charge in [-0.2, -0.15) is 0 Å². The summed E-state index contributed by atoms with van der Waals surface area (Å²) in [4.78, 5) is 14.7. The molecular weight excluding hydrogens is 360 g/mol. The molecule has 2 atom stereocenters. The van der Waals surface area contributed by atoms with Crippen LogP contribution in [0, 0.1) is 5.92 Å². The van der Waals surface area contributed by atoms with Crippen molar-refractivity contribution >= 4 is 0 Å². The number of hydrogen-bond donors (Lipinski definition) is 0. The van der Waals surface area contributed by atoms with Crippen LogP contribution < -0.4 is 10.3 Å². The molecule has 2 aliphatic heterocycles. The fourth-order valence-corrected chi connectivity index (χ4v) is 4.86. The number of fused-ring (bicyclic) bond motifs is 4. The lowest BCUT2D eigenvalue weighted by Gasteiger charge is -2.42. The Balaban J connectivity index is 1.26. The normalized spacial score (nSPS) is 20.8. The molecule has 1 aromatic heterocycles. The summed E-state index contributed by atoms with van der Waals surface area (Å²) >= 11 is 0. The monoisotopic (exact) mass is 386 g/mol.